The Balaban J connectivity index is 0.00000243. The van der Waals surface area contributed by atoms with E-state index in [4.69, 9.17) is 0 Å². The van der Waals surface area contributed by atoms with Gasteiger partial charge in [-0.2, -0.15) is 13.2 Å². The summed E-state index contributed by atoms with van der Waals surface area (Å²) in [6, 6.07) is 2.60. The summed E-state index contributed by atoms with van der Waals surface area (Å²) in [5.41, 5.74) is -0.708. The molecule has 0 atom stereocenters. The maximum Gasteiger partial charge on any atom is 0.416 e. The highest BCUT2D eigenvalue weighted by atomic mass is 35.5. The van der Waals surface area contributed by atoms with Crippen molar-refractivity contribution >= 4 is 24.2 Å². The van der Waals surface area contributed by atoms with Gasteiger partial charge in [0, 0.05) is 18.7 Å². The molecule has 0 saturated carbocycles. The van der Waals surface area contributed by atoms with Crippen molar-refractivity contribution < 1.29 is 17.6 Å². The van der Waals surface area contributed by atoms with E-state index in [1.807, 2.05) is 11.6 Å². The van der Waals surface area contributed by atoms with Crippen LogP contribution in [0.25, 0.3) is 0 Å². The molecular formula is C16H19ClF4N4S. The van der Waals surface area contributed by atoms with Gasteiger partial charge in [-0.05, 0) is 49.7 Å². The summed E-state index contributed by atoms with van der Waals surface area (Å²) in [5, 5.41) is 12.3. The van der Waals surface area contributed by atoms with Crippen molar-refractivity contribution in [3.05, 3.63) is 41.0 Å². The van der Waals surface area contributed by atoms with E-state index in [2.05, 4.69) is 15.5 Å². The smallest absolute Gasteiger partial charge is 0.317 e. The monoisotopic (exact) mass is 410 g/mol. The number of alkyl halides is 3. The van der Waals surface area contributed by atoms with E-state index in [9.17, 15) is 17.6 Å². The van der Waals surface area contributed by atoms with Gasteiger partial charge in [0.25, 0.3) is 0 Å². The van der Waals surface area contributed by atoms with Gasteiger partial charge in [-0.1, -0.05) is 11.8 Å². The van der Waals surface area contributed by atoms with Crippen LogP contribution < -0.4 is 5.32 Å². The molecule has 1 saturated heterocycles. The number of piperidine rings is 1. The minimum Gasteiger partial charge on any atom is -0.317 e. The number of nitrogens with one attached hydrogen (secondary N) is 1. The minimum atomic E-state index is -4.56. The molecule has 0 unspecified atom stereocenters. The van der Waals surface area contributed by atoms with Crippen molar-refractivity contribution in [1.29, 1.82) is 0 Å². The predicted molar refractivity (Wildman–Crippen MR) is 94.1 cm³/mol. The highest BCUT2D eigenvalue weighted by Gasteiger charge is 2.31. The Hall–Kier alpha value is -1.32. The molecule has 0 aliphatic carbocycles. The van der Waals surface area contributed by atoms with Crippen LogP contribution >= 0.6 is 24.2 Å². The molecule has 26 heavy (non-hydrogen) atoms. The maximum atomic E-state index is 13.5. The van der Waals surface area contributed by atoms with Crippen LogP contribution in [0.4, 0.5) is 17.6 Å². The second kappa shape index (κ2) is 8.58. The average Bonchev–Trinajstić information content (AvgIpc) is 2.93. The van der Waals surface area contributed by atoms with Crippen molar-refractivity contribution in [3.63, 3.8) is 0 Å². The van der Waals surface area contributed by atoms with E-state index in [0.29, 0.717) is 17.1 Å². The first kappa shape index (κ1) is 21.0. The molecule has 2 aromatic rings. The standard InChI is InChI=1S/C16H18F4N4S.ClH/c1-24-14(11-2-4-21-5-3-11)22-23-15(24)25-9-10-6-12(16(18,19)20)8-13(17)7-10;/h6-8,11,21H,2-5,9H2,1H3;1H. The van der Waals surface area contributed by atoms with E-state index in [1.165, 1.54) is 11.8 Å². The SMILES string of the molecule is Cl.Cn1c(SCc2cc(F)cc(C(F)(F)F)c2)nnc1C1CCNCC1. The lowest BCUT2D eigenvalue weighted by atomic mass is 9.97. The largest absolute Gasteiger partial charge is 0.416 e. The van der Waals surface area contributed by atoms with E-state index in [-0.39, 0.29) is 23.7 Å². The van der Waals surface area contributed by atoms with Gasteiger partial charge in [0.1, 0.15) is 11.6 Å². The molecule has 0 amide bonds. The van der Waals surface area contributed by atoms with E-state index >= 15 is 0 Å². The predicted octanol–water partition coefficient (Wildman–Crippen LogP) is 4.15. The third kappa shape index (κ3) is 4.89. The zero-order valence-corrected chi connectivity index (χ0v) is 15.6. The third-order valence-electron chi connectivity index (χ3n) is 4.23. The Morgan fingerprint density at radius 3 is 2.54 bits per heavy atom. The average molecular weight is 411 g/mol. The molecule has 1 aromatic carbocycles. The normalized spacial score (nSPS) is 15.7. The molecule has 0 bridgehead atoms. The summed E-state index contributed by atoms with van der Waals surface area (Å²) in [7, 11) is 1.85. The van der Waals surface area contributed by atoms with Gasteiger partial charge in [0.15, 0.2) is 5.16 Å². The number of benzene rings is 1. The number of thioether (sulfide) groups is 1. The first-order valence-corrected chi connectivity index (χ1v) is 8.92. The van der Waals surface area contributed by atoms with Gasteiger partial charge >= 0.3 is 6.18 Å². The van der Waals surface area contributed by atoms with Crippen LogP contribution in [-0.4, -0.2) is 27.9 Å². The molecule has 1 aromatic heterocycles. The summed E-state index contributed by atoms with van der Waals surface area (Å²) in [6.07, 6.45) is -2.60. The molecule has 0 spiro atoms. The molecule has 10 heteroatoms. The van der Waals surface area contributed by atoms with Crippen LogP contribution in [0.15, 0.2) is 23.4 Å². The molecular weight excluding hydrogens is 392 g/mol. The van der Waals surface area contributed by atoms with Gasteiger partial charge in [-0.15, -0.1) is 22.6 Å². The highest BCUT2D eigenvalue weighted by Crippen LogP contribution is 2.32. The topological polar surface area (TPSA) is 42.7 Å². The maximum absolute atomic E-state index is 13.5. The molecule has 0 radical (unpaired) electrons. The Kier molecular flexibility index (Phi) is 6.92. The van der Waals surface area contributed by atoms with Crippen molar-refractivity contribution in [2.45, 2.75) is 35.8 Å². The Morgan fingerprint density at radius 1 is 1.19 bits per heavy atom. The van der Waals surface area contributed by atoms with E-state index < -0.39 is 17.6 Å². The molecule has 2 heterocycles. The molecule has 1 aliphatic heterocycles. The second-order valence-corrected chi connectivity index (χ2v) is 7.00. The van der Waals surface area contributed by atoms with Gasteiger partial charge in [0.2, 0.25) is 0 Å². The van der Waals surface area contributed by atoms with E-state index in [0.717, 1.165) is 43.9 Å². The highest BCUT2D eigenvalue weighted by molar-refractivity contribution is 7.98. The Morgan fingerprint density at radius 2 is 1.88 bits per heavy atom. The summed E-state index contributed by atoms with van der Waals surface area (Å²) in [4.78, 5) is 0. The van der Waals surface area contributed by atoms with Crippen LogP contribution in [0, 0.1) is 5.82 Å². The Bertz CT molecular complexity index is 744. The molecule has 1 fully saturated rings. The second-order valence-electron chi connectivity index (χ2n) is 6.06. The number of hydrogen-bond donors (Lipinski definition) is 1. The number of halogens is 5. The van der Waals surface area contributed by atoms with Crippen LogP contribution in [-0.2, 0) is 19.0 Å². The zero-order chi connectivity index (χ0) is 18.0. The fourth-order valence-corrected chi connectivity index (χ4v) is 3.78. The lowest BCUT2D eigenvalue weighted by Gasteiger charge is -2.21. The van der Waals surface area contributed by atoms with Gasteiger partial charge < -0.3 is 9.88 Å². The lowest BCUT2D eigenvalue weighted by Crippen LogP contribution is -2.27. The number of nitrogens with zero attached hydrogens (tertiary/aromatic N) is 3. The van der Waals surface area contributed by atoms with Crippen molar-refractivity contribution in [1.82, 2.24) is 20.1 Å². The van der Waals surface area contributed by atoms with Gasteiger partial charge in [-0.3, -0.25) is 0 Å². The van der Waals surface area contributed by atoms with Crippen LogP contribution in [0.3, 0.4) is 0 Å². The summed E-state index contributed by atoms with van der Waals surface area (Å²) >= 11 is 1.25. The third-order valence-corrected chi connectivity index (χ3v) is 5.32. The summed E-state index contributed by atoms with van der Waals surface area (Å²) < 4.78 is 53.7. The van der Waals surface area contributed by atoms with Crippen LogP contribution in [0.5, 0.6) is 0 Å². The first-order chi connectivity index (χ1) is 11.8. The molecule has 3 rings (SSSR count). The Labute approximate surface area is 159 Å². The molecule has 144 valence electrons. The minimum absolute atomic E-state index is 0. The van der Waals surface area contributed by atoms with Gasteiger partial charge in [-0.25, -0.2) is 4.39 Å². The fourth-order valence-electron chi connectivity index (χ4n) is 2.93. The number of hydrogen-bond acceptors (Lipinski definition) is 4. The van der Waals surface area contributed by atoms with Crippen LogP contribution in [0.1, 0.15) is 35.7 Å². The van der Waals surface area contributed by atoms with Crippen molar-refractivity contribution in [2.24, 2.45) is 7.05 Å². The van der Waals surface area contributed by atoms with E-state index in [1.54, 1.807) is 0 Å². The molecule has 1 aliphatic rings. The quantitative estimate of drug-likeness (QED) is 0.607. The lowest BCUT2D eigenvalue weighted by molar-refractivity contribution is -0.137. The summed E-state index contributed by atoms with van der Waals surface area (Å²) in [5.74, 6) is 0.524. The number of aromatic nitrogens is 3. The van der Waals surface area contributed by atoms with Gasteiger partial charge in [0.05, 0.1) is 5.56 Å². The molecule has 1 N–H and O–H groups in total. The number of rotatable bonds is 4. The van der Waals surface area contributed by atoms with Crippen molar-refractivity contribution in [2.75, 3.05) is 13.1 Å². The first-order valence-electron chi connectivity index (χ1n) is 7.94. The fraction of sp³-hybridized carbons (Fsp3) is 0.500. The summed E-state index contributed by atoms with van der Waals surface area (Å²) in [6.45, 7) is 1.87. The molecule has 4 nitrogen and oxygen atoms in total. The van der Waals surface area contributed by atoms with Crippen LogP contribution in [0.2, 0.25) is 0 Å². The zero-order valence-electron chi connectivity index (χ0n) is 14.0. The van der Waals surface area contributed by atoms with Crippen molar-refractivity contribution in [3.8, 4) is 0 Å².